The third kappa shape index (κ3) is 3.54. The van der Waals surface area contributed by atoms with Gasteiger partial charge in [-0.2, -0.15) is 0 Å². The molecule has 20 heavy (non-hydrogen) atoms. The number of hydrogen-bond donors (Lipinski definition) is 1. The Morgan fingerprint density at radius 1 is 1.35 bits per heavy atom. The van der Waals surface area contributed by atoms with E-state index in [1.54, 1.807) is 6.07 Å². The Morgan fingerprint density at radius 3 is 2.75 bits per heavy atom. The molecule has 0 radical (unpaired) electrons. The first-order valence-corrected chi connectivity index (χ1v) is 7.02. The average molecular weight is 282 g/mol. The van der Waals surface area contributed by atoms with E-state index in [1.165, 1.54) is 6.07 Å². The van der Waals surface area contributed by atoms with Gasteiger partial charge in [-0.25, -0.2) is 8.78 Å². The van der Waals surface area contributed by atoms with E-state index in [9.17, 15) is 13.6 Å². The largest absolute Gasteiger partial charge is 0.340 e. The second-order valence-electron chi connectivity index (χ2n) is 5.23. The van der Waals surface area contributed by atoms with Crippen molar-refractivity contribution in [1.29, 1.82) is 0 Å². The van der Waals surface area contributed by atoms with E-state index in [1.807, 2.05) is 11.8 Å². The molecule has 0 aliphatic carbocycles. The maximum absolute atomic E-state index is 13.5. The molecule has 0 bridgehead atoms. The maximum atomic E-state index is 13.5. The maximum Gasteiger partial charge on any atom is 0.225 e. The fraction of sp³-hybridized carbons (Fsp3) is 0.533. The number of benzene rings is 1. The van der Waals surface area contributed by atoms with Gasteiger partial charge in [0.2, 0.25) is 5.91 Å². The van der Waals surface area contributed by atoms with Crippen LogP contribution >= 0.6 is 0 Å². The lowest BCUT2D eigenvalue weighted by atomic mass is 9.99. The van der Waals surface area contributed by atoms with Crippen LogP contribution in [0.3, 0.4) is 0 Å². The summed E-state index contributed by atoms with van der Waals surface area (Å²) in [6.45, 7) is 4.92. The molecule has 1 heterocycles. The smallest absolute Gasteiger partial charge is 0.225 e. The van der Waals surface area contributed by atoms with Crippen molar-refractivity contribution in [1.82, 2.24) is 10.2 Å². The molecule has 0 aromatic heterocycles. The normalized spacial score (nSPS) is 17.1. The van der Waals surface area contributed by atoms with Crippen LogP contribution in [-0.4, -0.2) is 37.0 Å². The monoisotopic (exact) mass is 282 g/mol. The molecular weight excluding hydrogens is 262 g/mol. The van der Waals surface area contributed by atoms with Crippen molar-refractivity contribution in [2.75, 3.05) is 26.2 Å². The summed E-state index contributed by atoms with van der Waals surface area (Å²) in [6, 6.07) is 4.17. The van der Waals surface area contributed by atoms with Gasteiger partial charge in [0, 0.05) is 32.1 Å². The number of rotatable bonds is 4. The van der Waals surface area contributed by atoms with E-state index in [2.05, 4.69) is 5.32 Å². The minimum absolute atomic E-state index is 0.100. The zero-order valence-electron chi connectivity index (χ0n) is 11.7. The number of nitrogens with zero attached hydrogens (tertiary/aromatic N) is 1. The summed E-state index contributed by atoms with van der Waals surface area (Å²) in [7, 11) is 0. The number of amides is 1. The minimum Gasteiger partial charge on any atom is -0.340 e. The van der Waals surface area contributed by atoms with E-state index in [-0.39, 0.29) is 11.8 Å². The van der Waals surface area contributed by atoms with Crippen molar-refractivity contribution in [2.24, 2.45) is 5.92 Å². The number of nitrogens with one attached hydrogen (secondary N) is 1. The minimum atomic E-state index is -0.830. The van der Waals surface area contributed by atoms with Crippen molar-refractivity contribution in [3.05, 3.63) is 35.4 Å². The molecule has 1 unspecified atom stereocenters. The zero-order chi connectivity index (χ0) is 14.5. The predicted molar refractivity (Wildman–Crippen MR) is 73.3 cm³/mol. The second-order valence-corrected chi connectivity index (χ2v) is 5.23. The fourth-order valence-corrected chi connectivity index (χ4v) is 2.43. The summed E-state index contributed by atoms with van der Waals surface area (Å²) in [5, 5.41) is 3.19. The third-order valence-electron chi connectivity index (χ3n) is 3.73. The Morgan fingerprint density at radius 2 is 2.05 bits per heavy atom. The topological polar surface area (TPSA) is 32.3 Å². The highest BCUT2D eigenvalue weighted by Gasteiger charge is 2.22. The molecule has 1 aliphatic rings. The molecule has 0 saturated carbocycles. The number of piperazine rings is 1. The molecule has 2 rings (SSSR count). The van der Waals surface area contributed by atoms with Gasteiger partial charge < -0.3 is 10.2 Å². The molecule has 1 aromatic rings. The highest BCUT2D eigenvalue weighted by molar-refractivity contribution is 5.78. The predicted octanol–water partition coefficient (Wildman–Crippen LogP) is 1.97. The molecule has 1 amide bonds. The highest BCUT2D eigenvalue weighted by Crippen LogP contribution is 2.17. The number of halogens is 2. The SMILES string of the molecule is CC(CCc1cccc(F)c1F)C(=O)N1CCNCC1. The van der Waals surface area contributed by atoms with Crippen LogP contribution in [0.15, 0.2) is 18.2 Å². The molecular formula is C15H20F2N2O. The van der Waals surface area contributed by atoms with Crippen LogP contribution in [0.25, 0.3) is 0 Å². The molecule has 1 saturated heterocycles. The van der Waals surface area contributed by atoms with Crippen molar-refractivity contribution < 1.29 is 13.6 Å². The van der Waals surface area contributed by atoms with Crippen LogP contribution in [0.1, 0.15) is 18.9 Å². The first-order valence-electron chi connectivity index (χ1n) is 7.02. The van der Waals surface area contributed by atoms with E-state index in [0.29, 0.717) is 18.4 Å². The van der Waals surface area contributed by atoms with Gasteiger partial charge in [0.05, 0.1) is 0 Å². The number of aryl methyl sites for hydroxylation is 1. The van der Waals surface area contributed by atoms with Crippen LogP contribution in [0.4, 0.5) is 8.78 Å². The van der Waals surface area contributed by atoms with Gasteiger partial charge in [-0.05, 0) is 24.5 Å². The summed E-state index contributed by atoms with van der Waals surface area (Å²) in [5.74, 6) is -1.70. The quantitative estimate of drug-likeness (QED) is 0.915. The van der Waals surface area contributed by atoms with Crippen molar-refractivity contribution in [2.45, 2.75) is 19.8 Å². The van der Waals surface area contributed by atoms with Gasteiger partial charge in [0.15, 0.2) is 11.6 Å². The van der Waals surface area contributed by atoms with E-state index in [4.69, 9.17) is 0 Å². The number of carbonyl (C=O) groups is 1. The first kappa shape index (κ1) is 14.9. The van der Waals surface area contributed by atoms with Crippen molar-refractivity contribution in [3.8, 4) is 0 Å². The standard InChI is InChI=1S/C15H20F2N2O/c1-11(15(20)19-9-7-18-8-10-19)5-6-12-3-2-4-13(16)14(12)17/h2-4,11,18H,5-10H2,1H3. The van der Waals surface area contributed by atoms with Crippen LogP contribution in [0.5, 0.6) is 0 Å². The summed E-state index contributed by atoms with van der Waals surface area (Å²) in [5.41, 5.74) is 0.338. The molecule has 1 aliphatic heterocycles. The Kier molecular flexibility index (Phi) is 5.06. The lowest BCUT2D eigenvalue weighted by molar-refractivity contribution is -0.135. The van der Waals surface area contributed by atoms with Gasteiger partial charge in [-0.3, -0.25) is 4.79 Å². The Balaban J connectivity index is 1.89. The van der Waals surface area contributed by atoms with Gasteiger partial charge >= 0.3 is 0 Å². The average Bonchev–Trinajstić information content (AvgIpc) is 2.48. The molecule has 110 valence electrons. The fourth-order valence-electron chi connectivity index (χ4n) is 2.43. The van der Waals surface area contributed by atoms with Crippen LogP contribution < -0.4 is 5.32 Å². The Labute approximate surface area is 118 Å². The summed E-state index contributed by atoms with van der Waals surface area (Å²) < 4.78 is 26.6. The second kappa shape index (κ2) is 6.79. The summed E-state index contributed by atoms with van der Waals surface area (Å²) in [6.07, 6.45) is 0.908. The van der Waals surface area contributed by atoms with Crippen molar-refractivity contribution >= 4 is 5.91 Å². The van der Waals surface area contributed by atoms with Gasteiger partial charge in [0.1, 0.15) is 0 Å². The van der Waals surface area contributed by atoms with E-state index in [0.717, 1.165) is 32.2 Å². The Hall–Kier alpha value is -1.49. The molecule has 1 aromatic carbocycles. The molecule has 1 N–H and O–H groups in total. The molecule has 3 nitrogen and oxygen atoms in total. The van der Waals surface area contributed by atoms with Crippen LogP contribution in [-0.2, 0) is 11.2 Å². The molecule has 1 fully saturated rings. The zero-order valence-corrected chi connectivity index (χ0v) is 11.7. The van der Waals surface area contributed by atoms with Crippen LogP contribution in [0, 0.1) is 17.6 Å². The summed E-state index contributed by atoms with van der Waals surface area (Å²) in [4.78, 5) is 14.0. The Bertz CT molecular complexity index is 473. The molecule has 5 heteroatoms. The van der Waals surface area contributed by atoms with Gasteiger partial charge in [0.25, 0.3) is 0 Å². The van der Waals surface area contributed by atoms with E-state index >= 15 is 0 Å². The number of hydrogen-bond acceptors (Lipinski definition) is 2. The third-order valence-corrected chi connectivity index (χ3v) is 3.73. The number of carbonyl (C=O) groups excluding carboxylic acids is 1. The van der Waals surface area contributed by atoms with Crippen LogP contribution in [0.2, 0.25) is 0 Å². The van der Waals surface area contributed by atoms with Crippen molar-refractivity contribution in [3.63, 3.8) is 0 Å². The molecule has 1 atom stereocenters. The van der Waals surface area contributed by atoms with E-state index < -0.39 is 11.6 Å². The first-order chi connectivity index (χ1) is 9.59. The summed E-state index contributed by atoms with van der Waals surface area (Å²) >= 11 is 0. The van der Waals surface area contributed by atoms with Gasteiger partial charge in [-0.15, -0.1) is 0 Å². The molecule has 0 spiro atoms. The highest BCUT2D eigenvalue weighted by atomic mass is 19.2. The lowest BCUT2D eigenvalue weighted by Gasteiger charge is -2.29. The van der Waals surface area contributed by atoms with Gasteiger partial charge in [-0.1, -0.05) is 19.1 Å². The lowest BCUT2D eigenvalue weighted by Crippen LogP contribution is -2.48.